The van der Waals surface area contributed by atoms with Crippen LogP contribution in [0.25, 0.3) is 11.0 Å². The molecule has 108 valence electrons. The number of rotatable bonds is 2. The van der Waals surface area contributed by atoms with Gasteiger partial charge >= 0.3 is 0 Å². The second-order valence-corrected chi connectivity index (χ2v) is 6.09. The molecule has 0 saturated heterocycles. The van der Waals surface area contributed by atoms with Crippen molar-refractivity contribution in [3.63, 3.8) is 0 Å². The summed E-state index contributed by atoms with van der Waals surface area (Å²) in [6.07, 6.45) is 6.55. The molecule has 2 heterocycles. The van der Waals surface area contributed by atoms with E-state index in [1.807, 2.05) is 0 Å². The molecule has 6 heteroatoms. The fraction of sp³-hybridized carbons (Fsp3) is 0.643. The second kappa shape index (κ2) is 4.70. The van der Waals surface area contributed by atoms with Gasteiger partial charge in [-0.1, -0.05) is 6.92 Å². The van der Waals surface area contributed by atoms with Crippen LogP contribution in [0, 0.1) is 5.92 Å². The maximum atomic E-state index is 12.4. The third-order valence-corrected chi connectivity index (χ3v) is 4.39. The Morgan fingerprint density at radius 3 is 2.85 bits per heavy atom. The topological polar surface area (TPSA) is 72.9 Å². The molecular formula is C14H20N4O2. The van der Waals surface area contributed by atoms with Gasteiger partial charge in [-0.3, -0.25) is 14.0 Å². The highest BCUT2D eigenvalue weighted by molar-refractivity contribution is 5.72. The van der Waals surface area contributed by atoms with E-state index < -0.39 is 5.60 Å². The first-order valence-electron chi connectivity index (χ1n) is 7.08. The van der Waals surface area contributed by atoms with Gasteiger partial charge in [0.1, 0.15) is 11.7 Å². The zero-order valence-corrected chi connectivity index (χ0v) is 11.9. The van der Waals surface area contributed by atoms with Crippen molar-refractivity contribution in [1.82, 2.24) is 19.3 Å². The fourth-order valence-electron chi connectivity index (χ4n) is 2.95. The van der Waals surface area contributed by atoms with Gasteiger partial charge in [-0.05, 0) is 31.6 Å². The normalized spacial score (nSPS) is 27.1. The van der Waals surface area contributed by atoms with Crippen LogP contribution >= 0.6 is 0 Å². The predicted octanol–water partition coefficient (Wildman–Crippen LogP) is 1.07. The van der Waals surface area contributed by atoms with Gasteiger partial charge < -0.3 is 5.11 Å². The lowest BCUT2D eigenvalue weighted by Crippen LogP contribution is -2.40. The van der Waals surface area contributed by atoms with Gasteiger partial charge in [-0.2, -0.15) is 5.10 Å². The molecule has 1 N–H and O–H groups in total. The van der Waals surface area contributed by atoms with Crippen molar-refractivity contribution >= 4 is 11.0 Å². The Balaban J connectivity index is 1.91. The van der Waals surface area contributed by atoms with E-state index >= 15 is 0 Å². The Bertz CT molecular complexity index is 680. The molecule has 6 nitrogen and oxygen atoms in total. The minimum Gasteiger partial charge on any atom is -0.388 e. The van der Waals surface area contributed by atoms with E-state index in [1.165, 1.54) is 17.1 Å². The number of fused-ring (bicyclic) bond motifs is 1. The molecule has 1 fully saturated rings. The first-order chi connectivity index (χ1) is 9.48. The molecule has 20 heavy (non-hydrogen) atoms. The number of hydrogen-bond acceptors (Lipinski definition) is 4. The maximum Gasteiger partial charge on any atom is 0.264 e. The van der Waals surface area contributed by atoms with Crippen LogP contribution in [-0.2, 0) is 13.6 Å². The number of hydrogen-bond donors (Lipinski definition) is 1. The van der Waals surface area contributed by atoms with Crippen LogP contribution < -0.4 is 5.56 Å². The van der Waals surface area contributed by atoms with Crippen LogP contribution in [0.2, 0.25) is 0 Å². The lowest BCUT2D eigenvalue weighted by atomic mass is 9.79. The summed E-state index contributed by atoms with van der Waals surface area (Å²) < 4.78 is 3.10. The van der Waals surface area contributed by atoms with Crippen molar-refractivity contribution in [2.24, 2.45) is 13.0 Å². The summed E-state index contributed by atoms with van der Waals surface area (Å²) in [6, 6.07) is 0. The third-order valence-electron chi connectivity index (χ3n) is 4.39. The summed E-state index contributed by atoms with van der Waals surface area (Å²) in [5.74, 6) is 0.658. The van der Waals surface area contributed by atoms with Crippen molar-refractivity contribution in [3.05, 3.63) is 22.9 Å². The van der Waals surface area contributed by atoms with Gasteiger partial charge in [0.15, 0.2) is 5.65 Å². The molecule has 2 aromatic rings. The van der Waals surface area contributed by atoms with Crippen molar-refractivity contribution in [1.29, 1.82) is 0 Å². The molecule has 0 spiro atoms. The molecule has 1 aliphatic carbocycles. The molecular weight excluding hydrogens is 256 g/mol. The van der Waals surface area contributed by atoms with Crippen LogP contribution in [0.1, 0.15) is 32.6 Å². The molecule has 0 aromatic carbocycles. The smallest absolute Gasteiger partial charge is 0.264 e. The SMILES string of the molecule is CC1CCC(O)(Cn2cnc3c(cnn3C)c2=O)CC1. The molecule has 1 saturated carbocycles. The van der Waals surface area contributed by atoms with Crippen LogP contribution in [0.3, 0.4) is 0 Å². The molecule has 1 aliphatic rings. The first-order valence-corrected chi connectivity index (χ1v) is 7.08. The summed E-state index contributed by atoms with van der Waals surface area (Å²) in [7, 11) is 1.76. The lowest BCUT2D eigenvalue weighted by Gasteiger charge is -2.35. The average Bonchev–Trinajstić information content (AvgIpc) is 2.79. The Labute approximate surface area is 117 Å². The molecule has 0 bridgehead atoms. The molecule has 0 radical (unpaired) electrons. The standard InChI is InChI=1S/C14H20N4O2/c1-10-3-5-14(20,6-4-10)8-18-9-15-12-11(13(18)19)7-16-17(12)2/h7,9-10,20H,3-6,8H2,1-2H3. The highest BCUT2D eigenvalue weighted by Crippen LogP contribution is 2.32. The minimum atomic E-state index is -0.784. The Hall–Kier alpha value is -1.69. The highest BCUT2D eigenvalue weighted by atomic mass is 16.3. The summed E-state index contributed by atoms with van der Waals surface area (Å²) in [5.41, 5.74) is -0.334. The van der Waals surface area contributed by atoms with E-state index in [-0.39, 0.29) is 5.56 Å². The number of aliphatic hydroxyl groups is 1. The van der Waals surface area contributed by atoms with E-state index in [0.717, 1.165) is 25.7 Å². The van der Waals surface area contributed by atoms with Crippen LogP contribution in [0.15, 0.2) is 17.3 Å². The summed E-state index contributed by atoms with van der Waals surface area (Å²) >= 11 is 0. The Kier molecular flexibility index (Phi) is 3.12. The van der Waals surface area contributed by atoms with E-state index in [2.05, 4.69) is 17.0 Å². The minimum absolute atomic E-state index is 0.129. The molecule has 0 unspecified atom stereocenters. The van der Waals surface area contributed by atoms with Crippen LogP contribution in [-0.4, -0.2) is 30.0 Å². The molecule has 0 amide bonds. The molecule has 0 atom stereocenters. The molecule has 3 rings (SSSR count). The van der Waals surface area contributed by atoms with Gasteiger partial charge in [-0.15, -0.1) is 0 Å². The summed E-state index contributed by atoms with van der Waals surface area (Å²) in [4.78, 5) is 16.6. The maximum absolute atomic E-state index is 12.4. The summed E-state index contributed by atoms with van der Waals surface area (Å²) in [5, 5.41) is 15.2. The van der Waals surface area contributed by atoms with E-state index in [1.54, 1.807) is 11.7 Å². The number of aromatic nitrogens is 4. The van der Waals surface area contributed by atoms with E-state index in [9.17, 15) is 9.90 Å². The average molecular weight is 276 g/mol. The van der Waals surface area contributed by atoms with Gasteiger partial charge in [0, 0.05) is 7.05 Å². The zero-order valence-electron chi connectivity index (χ0n) is 11.9. The Morgan fingerprint density at radius 2 is 2.15 bits per heavy atom. The number of nitrogens with zero attached hydrogens (tertiary/aromatic N) is 4. The Morgan fingerprint density at radius 1 is 1.45 bits per heavy atom. The predicted molar refractivity (Wildman–Crippen MR) is 75.4 cm³/mol. The van der Waals surface area contributed by atoms with E-state index in [0.29, 0.717) is 23.5 Å². The third kappa shape index (κ3) is 2.24. The van der Waals surface area contributed by atoms with Crippen molar-refractivity contribution in [2.45, 2.75) is 44.8 Å². The second-order valence-electron chi connectivity index (χ2n) is 6.09. The van der Waals surface area contributed by atoms with Crippen molar-refractivity contribution in [3.8, 4) is 0 Å². The van der Waals surface area contributed by atoms with Crippen molar-refractivity contribution < 1.29 is 5.11 Å². The van der Waals surface area contributed by atoms with Gasteiger partial charge in [0.05, 0.1) is 18.3 Å². The lowest BCUT2D eigenvalue weighted by molar-refractivity contribution is -0.0226. The van der Waals surface area contributed by atoms with Gasteiger partial charge in [0.25, 0.3) is 5.56 Å². The quantitative estimate of drug-likeness (QED) is 0.890. The summed E-state index contributed by atoms with van der Waals surface area (Å²) in [6.45, 7) is 2.52. The van der Waals surface area contributed by atoms with Crippen molar-refractivity contribution in [2.75, 3.05) is 0 Å². The van der Waals surface area contributed by atoms with Crippen LogP contribution in [0.4, 0.5) is 0 Å². The van der Waals surface area contributed by atoms with E-state index in [4.69, 9.17) is 0 Å². The van der Waals surface area contributed by atoms with Crippen LogP contribution in [0.5, 0.6) is 0 Å². The van der Waals surface area contributed by atoms with Gasteiger partial charge in [-0.25, -0.2) is 4.98 Å². The molecule has 2 aromatic heterocycles. The largest absolute Gasteiger partial charge is 0.388 e. The number of aryl methyl sites for hydroxylation is 1. The van der Waals surface area contributed by atoms with Gasteiger partial charge in [0.2, 0.25) is 0 Å². The first kappa shape index (κ1) is 13.3. The molecule has 0 aliphatic heterocycles. The zero-order chi connectivity index (χ0) is 14.3. The monoisotopic (exact) mass is 276 g/mol. The highest BCUT2D eigenvalue weighted by Gasteiger charge is 2.32. The fourth-order valence-corrected chi connectivity index (χ4v) is 2.95.